The van der Waals surface area contributed by atoms with Crippen molar-refractivity contribution >= 4 is 32.7 Å². The third-order valence-electron chi connectivity index (χ3n) is 9.97. The molecule has 0 saturated heterocycles. The Morgan fingerprint density at radius 1 is 0.302 bits per heavy atom. The molecule has 0 saturated carbocycles. The van der Waals surface area contributed by atoms with Crippen LogP contribution in [0.2, 0.25) is 0 Å². The van der Waals surface area contributed by atoms with Gasteiger partial charge < -0.3 is 4.42 Å². The molecule has 0 N–H and O–H groups in total. The molecule has 0 aliphatic rings. The van der Waals surface area contributed by atoms with Crippen LogP contribution in [0.1, 0.15) is 0 Å². The van der Waals surface area contributed by atoms with E-state index in [2.05, 4.69) is 109 Å². The van der Waals surface area contributed by atoms with Crippen LogP contribution in [0.5, 0.6) is 0 Å². The minimum atomic E-state index is 0.612. The maximum absolute atomic E-state index is 6.69. The SMILES string of the molecule is c1ccc(-c2ccc(-c3ccc(-c4cccc5c(-c6nc(-c7ccccc7)nc(-c7ccccc7)n6)cc6c7ccccc7oc6c45)cc3)cc2)cc1. The third kappa shape index (κ3) is 5.54. The first-order valence-corrected chi connectivity index (χ1v) is 17.8. The standard InChI is InChI=1S/C49H31N3O/c1-4-13-32(14-5-1)33-23-25-34(26-24-33)35-27-29-36(30-28-35)39-20-12-21-41-43(31-42-40-19-10-11-22-44(40)53-46(42)45(39)41)49-51-47(37-15-6-2-7-16-37)50-48(52-49)38-17-8-3-9-18-38/h1-31H. The molecule has 4 nitrogen and oxygen atoms in total. The highest BCUT2D eigenvalue weighted by atomic mass is 16.3. The molecule has 10 rings (SSSR count). The number of furan rings is 1. The summed E-state index contributed by atoms with van der Waals surface area (Å²) >= 11 is 0. The van der Waals surface area contributed by atoms with Gasteiger partial charge in [0.05, 0.1) is 0 Å². The lowest BCUT2D eigenvalue weighted by Gasteiger charge is -2.14. The summed E-state index contributed by atoms with van der Waals surface area (Å²) in [4.78, 5) is 15.2. The predicted molar refractivity (Wildman–Crippen MR) is 217 cm³/mol. The van der Waals surface area contributed by atoms with Crippen LogP contribution in [0.15, 0.2) is 192 Å². The smallest absolute Gasteiger partial charge is 0.164 e. The Balaban J connectivity index is 1.16. The Morgan fingerprint density at radius 3 is 1.34 bits per heavy atom. The molecular weight excluding hydrogens is 647 g/mol. The number of aromatic nitrogens is 3. The van der Waals surface area contributed by atoms with Crippen molar-refractivity contribution < 1.29 is 4.42 Å². The molecule has 0 fully saturated rings. The molecule has 248 valence electrons. The summed E-state index contributed by atoms with van der Waals surface area (Å²) < 4.78 is 6.69. The molecule has 0 aliphatic carbocycles. The first kappa shape index (κ1) is 30.6. The van der Waals surface area contributed by atoms with Crippen LogP contribution in [0, 0.1) is 0 Å². The topological polar surface area (TPSA) is 51.8 Å². The van der Waals surface area contributed by atoms with E-state index in [-0.39, 0.29) is 0 Å². The van der Waals surface area contributed by atoms with E-state index in [1.807, 2.05) is 78.9 Å². The average molecular weight is 678 g/mol. The number of rotatable bonds is 6. The van der Waals surface area contributed by atoms with Gasteiger partial charge in [0.25, 0.3) is 0 Å². The van der Waals surface area contributed by atoms with Gasteiger partial charge in [-0.25, -0.2) is 15.0 Å². The second-order valence-electron chi connectivity index (χ2n) is 13.2. The lowest BCUT2D eigenvalue weighted by atomic mass is 9.92. The van der Waals surface area contributed by atoms with Gasteiger partial charge in [0, 0.05) is 32.8 Å². The van der Waals surface area contributed by atoms with Crippen molar-refractivity contribution in [1.82, 2.24) is 15.0 Å². The highest BCUT2D eigenvalue weighted by Gasteiger charge is 2.21. The maximum Gasteiger partial charge on any atom is 0.164 e. The monoisotopic (exact) mass is 677 g/mol. The van der Waals surface area contributed by atoms with Crippen molar-refractivity contribution in [3.05, 3.63) is 188 Å². The zero-order valence-corrected chi connectivity index (χ0v) is 28.6. The molecule has 4 heteroatoms. The van der Waals surface area contributed by atoms with Gasteiger partial charge >= 0.3 is 0 Å². The number of hydrogen-bond donors (Lipinski definition) is 0. The molecule has 53 heavy (non-hydrogen) atoms. The van der Waals surface area contributed by atoms with Gasteiger partial charge in [-0.05, 0) is 50.9 Å². The summed E-state index contributed by atoms with van der Waals surface area (Å²) in [5, 5.41) is 4.11. The second kappa shape index (κ2) is 12.9. The molecule has 0 unspecified atom stereocenters. The molecule has 2 heterocycles. The minimum Gasteiger partial charge on any atom is -0.455 e. The average Bonchev–Trinajstić information content (AvgIpc) is 3.63. The van der Waals surface area contributed by atoms with Gasteiger partial charge in [-0.2, -0.15) is 0 Å². The zero-order chi connectivity index (χ0) is 35.1. The van der Waals surface area contributed by atoms with Crippen molar-refractivity contribution in [1.29, 1.82) is 0 Å². The van der Waals surface area contributed by atoms with E-state index < -0.39 is 0 Å². The van der Waals surface area contributed by atoms with Crippen molar-refractivity contribution in [2.75, 3.05) is 0 Å². The van der Waals surface area contributed by atoms with Crippen LogP contribution in [-0.2, 0) is 0 Å². The van der Waals surface area contributed by atoms with Crippen molar-refractivity contribution in [2.24, 2.45) is 0 Å². The van der Waals surface area contributed by atoms with E-state index in [0.717, 1.165) is 66.1 Å². The van der Waals surface area contributed by atoms with E-state index in [9.17, 15) is 0 Å². The van der Waals surface area contributed by atoms with E-state index in [1.54, 1.807) is 0 Å². The van der Waals surface area contributed by atoms with Gasteiger partial charge in [-0.3, -0.25) is 0 Å². The number of para-hydroxylation sites is 1. The Kier molecular flexibility index (Phi) is 7.43. The first-order valence-electron chi connectivity index (χ1n) is 17.8. The fourth-order valence-corrected chi connectivity index (χ4v) is 7.32. The molecule has 0 spiro atoms. The van der Waals surface area contributed by atoms with E-state index in [0.29, 0.717) is 17.5 Å². The van der Waals surface area contributed by atoms with Gasteiger partial charge in [0.2, 0.25) is 0 Å². The first-order chi connectivity index (χ1) is 26.3. The summed E-state index contributed by atoms with van der Waals surface area (Å²) in [6.07, 6.45) is 0. The summed E-state index contributed by atoms with van der Waals surface area (Å²) in [7, 11) is 0. The highest BCUT2D eigenvalue weighted by molar-refractivity contribution is 6.22. The molecule has 0 aliphatic heterocycles. The van der Waals surface area contributed by atoms with Gasteiger partial charge in [0.1, 0.15) is 11.2 Å². The van der Waals surface area contributed by atoms with Crippen molar-refractivity contribution in [3.63, 3.8) is 0 Å². The molecule has 10 aromatic rings. The van der Waals surface area contributed by atoms with Crippen LogP contribution >= 0.6 is 0 Å². The summed E-state index contributed by atoms with van der Waals surface area (Å²) in [5.41, 5.74) is 11.4. The van der Waals surface area contributed by atoms with Crippen LogP contribution in [0.4, 0.5) is 0 Å². The van der Waals surface area contributed by atoms with Gasteiger partial charge in [-0.15, -0.1) is 0 Å². The van der Waals surface area contributed by atoms with Gasteiger partial charge in [0.15, 0.2) is 17.5 Å². The van der Waals surface area contributed by atoms with Crippen molar-refractivity contribution in [3.8, 4) is 67.5 Å². The quantitative estimate of drug-likeness (QED) is 0.176. The van der Waals surface area contributed by atoms with Crippen LogP contribution in [-0.4, -0.2) is 15.0 Å². The highest BCUT2D eigenvalue weighted by Crippen LogP contribution is 2.43. The molecule has 8 aromatic carbocycles. The number of benzene rings is 8. The normalized spacial score (nSPS) is 11.4. The summed E-state index contributed by atoms with van der Waals surface area (Å²) in [5.74, 6) is 1.87. The lowest BCUT2D eigenvalue weighted by Crippen LogP contribution is -2.00. The van der Waals surface area contributed by atoms with Crippen LogP contribution in [0.3, 0.4) is 0 Å². The predicted octanol–water partition coefficient (Wildman–Crippen LogP) is 12.9. The fraction of sp³-hybridized carbons (Fsp3) is 0. The van der Waals surface area contributed by atoms with Crippen LogP contribution < -0.4 is 0 Å². The van der Waals surface area contributed by atoms with Crippen molar-refractivity contribution in [2.45, 2.75) is 0 Å². The Bertz CT molecular complexity index is 2840. The fourth-order valence-electron chi connectivity index (χ4n) is 7.32. The largest absolute Gasteiger partial charge is 0.455 e. The lowest BCUT2D eigenvalue weighted by molar-refractivity contribution is 0.673. The van der Waals surface area contributed by atoms with E-state index in [4.69, 9.17) is 19.4 Å². The Morgan fingerprint density at radius 2 is 0.755 bits per heavy atom. The zero-order valence-electron chi connectivity index (χ0n) is 28.6. The molecule has 0 amide bonds. The molecule has 2 aromatic heterocycles. The van der Waals surface area contributed by atoms with E-state index in [1.165, 1.54) is 16.7 Å². The number of fused-ring (bicyclic) bond motifs is 5. The third-order valence-corrected chi connectivity index (χ3v) is 9.97. The molecular formula is C49H31N3O. The maximum atomic E-state index is 6.69. The number of nitrogens with zero attached hydrogens (tertiary/aromatic N) is 3. The Hall–Kier alpha value is -7.17. The summed E-state index contributed by atoms with van der Waals surface area (Å²) in [6.45, 7) is 0. The summed E-state index contributed by atoms with van der Waals surface area (Å²) in [6, 6.07) is 65.2. The molecule has 0 bridgehead atoms. The Labute approximate surface area is 306 Å². The molecule has 0 radical (unpaired) electrons. The van der Waals surface area contributed by atoms with E-state index >= 15 is 0 Å². The van der Waals surface area contributed by atoms with Gasteiger partial charge in [-0.1, -0.05) is 176 Å². The second-order valence-corrected chi connectivity index (χ2v) is 13.2. The van der Waals surface area contributed by atoms with Crippen LogP contribution in [0.25, 0.3) is 100 Å². The number of hydrogen-bond acceptors (Lipinski definition) is 4. The minimum absolute atomic E-state index is 0.612. The molecule has 0 atom stereocenters.